The number of halogens is 2. The SMILES string of the molecule is C[NH+](CCSc1ccc(Cl)cc1)CC(=O)Nc1cccc(F)c1. The van der Waals surface area contributed by atoms with E-state index >= 15 is 0 Å². The molecule has 2 rings (SSSR count). The fourth-order valence-corrected chi connectivity index (χ4v) is 3.15. The van der Waals surface area contributed by atoms with Crippen molar-refractivity contribution >= 4 is 35.0 Å². The standard InChI is InChI=1S/C17H18ClFN2OS/c1-21(9-10-23-16-7-5-13(18)6-8-16)12-17(22)20-15-4-2-3-14(19)11-15/h2-8,11H,9-10,12H2,1H3,(H,20,22)/p+1. The van der Waals surface area contributed by atoms with Gasteiger partial charge in [0.2, 0.25) is 0 Å². The van der Waals surface area contributed by atoms with E-state index in [0.717, 1.165) is 27.1 Å². The van der Waals surface area contributed by atoms with Gasteiger partial charge in [-0.25, -0.2) is 4.39 Å². The first-order valence-corrected chi connectivity index (χ1v) is 8.64. The van der Waals surface area contributed by atoms with Gasteiger partial charge in [0.1, 0.15) is 5.82 Å². The number of nitrogens with one attached hydrogen (secondary N) is 2. The summed E-state index contributed by atoms with van der Waals surface area (Å²) >= 11 is 7.58. The molecule has 122 valence electrons. The molecule has 0 heterocycles. The summed E-state index contributed by atoms with van der Waals surface area (Å²) in [4.78, 5) is 14.2. The second kappa shape index (κ2) is 8.91. The van der Waals surface area contributed by atoms with Crippen LogP contribution in [0.3, 0.4) is 0 Å². The van der Waals surface area contributed by atoms with Gasteiger partial charge in [-0.05, 0) is 42.5 Å². The van der Waals surface area contributed by atoms with Crippen LogP contribution in [0.5, 0.6) is 0 Å². The number of hydrogen-bond donors (Lipinski definition) is 2. The van der Waals surface area contributed by atoms with Gasteiger partial charge in [0, 0.05) is 21.4 Å². The summed E-state index contributed by atoms with van der Waals surface area (Å²) in [5.41, 5.74) is 0.485. The van der Waals surface area contributed by atoms with Crippen LogP contribution in [0, 0.1) is 5.82 Å². The molecule has 0 aliphatic heterocycles. The number of likely N-dealkylation sites (N-methyl/N-ethyl adjacent to an activating group) is 1. The van der Waals surface area contributed by atoms with E-state index in [1.54, 1.807) is 23.9 Å². The quantitative estimate of drug-likeness (QED) is 0.750. The second-order valence-electron chi connectivity index (χ2n) is 5.24. The zero-order chi connectivity index (χ0) is 16.7. The third-order valence-corrected chi connectivity index (χ3v) is 4.45. The largest absolute Gasteiger partial charge is 0.329 e. The Labute approximate surface area is 144 Å². The maximum absolute atomic E-state index is 13.1. The molecule has 0 aliphatic carbocycles. The van der Waals surface area contributed by atoms with Crippen LogP contribution < -0.4 is 10.2 Å². The summed E-state index contributed by atoms with van der Waals surface area (Å²) in [6.45, 7) is 1.20. The third kappa shape index (κ3) is 6.60. The van der Waals surface area contributed by atoms with Gasteiger partial charge in [-0.15, -0.1) is 11.8 Å². The van der Waals surface area contributed by atoms with Crippen LogP contribution in [0.25, 0.3) is 0 Å². The molecule has 2 aromatic carbocycles. The van der Waals surface area contributed by atoms with E-state index in [2.05, 4.69) is 5.32 Å². The van der Waals surface area contributed by atoms with Gasteiger partial charge in [0.05, 0.1) is 13.6 Å². The van der Waals surface area contributed by atoms with Crippen molar-refractivity contribution in [2.75, 3.05) is 31.2 Å². The van der Waals surface area contributed by atoms with Crippen molar-refractivity contribution in [3.63, 3.8) is 0 Å². The van der Waals surface area contributed by atoms with Gasteiger partial charge in [0.15, 0.2) is 6.54 Å². The Kier molecular flexibility index (Phi) is 6.89. The van der Waals surface area contributed by atoms with E-state index in [0.29, 0.717) is 12.2 Å². The van der Waals surface area contributed by atoms with Gasteiger partial charge in [-0.1, -0.05) is 17.7 Å². The molecule has 1 atom stereocenters. The van der Waals surface area contributed by atoms with E-state index in [-0.39, 0.29) is 11.7 Å². The first kappa shape index (κ1) is 17.8. The maximum atomic E-state index is 13.1. The van der Waals surface area contributed by atoms with Crippen molar-refractivity contribution in [1.82, 2.24) is 0 Å². The first-order valence-electron chi connectivity index (χ1n) is 7.28. The molecule has 0 spiro atoms. The Bertz CT molecular complexity index is 651. The highest BCUT2D eigenvalue weighted by molar-refractivity contribution is 7.99. The molecule has 0 saturated heterocycles. The average molecular weight is 354 g/mol. The second-order valence-corrected chi connectivity index (χ2v) is 6.85. The van der Waals surface area contributed by atoms with Crippen LogP contribution in [0.4, 0.5) is 10.1 Å². The van der Waals surface area contributed by atoms with Crippen LogP contribution in [0.15, 0.2) is 53.4 Å². The summed E-state index contributed by atoms with van der Waals surface area (Å²) in [5.74, 6) is 0.424. The lowest BCUT2D eigenvalue weighted by Gasteiger charge is -2.13. The minimum absolute atomic E-state index is 0.121. The third-order valence-electron chi connectivity index (χ3n) is 3.18. The molecular formula is C17H19ClFN2OS+. The van der Waals surface area contributed by atoms with Gasteiger partial charge in [-0.2, -0.15) is 0 Å². The number of carbonyl (C=O) groups is 1. The fourth-order valence-electron chi connectivity index (χ4n) is 2.01. The summed E-state index contributed by atoms with van der Waals surface area (Å²) in [7, 11) is 1.97. The topological polar surface area (TPSA) is 33.5 Å². The Hall–Kier alpha value is -1.56. The number of thioether (sulfide) groups is 1. The van der Waals surface area contributed by atoms with Gasteiger partial charge in [-0.3, -0.25) is 4.79 Å². The zero-order valence-electron chi connectivity index (χ0n) is 12.8. The lowest BCUT2D eigenvalue weighted by Crippen LogP contribution is -3.10. The molecule has 3 nitrogen and oxygen atoms in total. The Morgan fingerprint density at radius 1 is 1.26 bits per heavy atom. The highest BCUT2D eigenvalue weighted by Crippen LogP contribution is 2.19. The molecule has 6 heteroatoms. The molecule has 2 aromatic rings. The highest BCUT2D eigenvalue weighted by atomic mass is 35.5. The van der Waals surface area contributed by atoms with E-state index in [1.807, 2.05) is 31.3 Å². The summed E-state index contributed by atoms with van der Waals surface area (Å²) < 4.78 is 13.1. The number of carbonyl (C=O) groups excluding carboxylic acids is 1. The van der Waals surface area contributed by atoms with Crippen molar-refractivity contribution in [3.05, 3.63) is 59.4 Å². The molecule has 23 heavy (non-hydrogen) atoms. The molecule has 0 aliphatic rings. The van der Waals surface area contributed by atoms with Crippen LogP contribution >= 0.6 is 23.4 Å². The van der Waals surface area contributed by atoms with Gasteiger partial charge >= 0.3 is 0 Å². The maximum Gasteiger partial charge on any atom is 0.279 e. The Morgan fingerprint density at radius 2 is 2.00 bits per heavy atom. The van der Waals surface area contributed by atoms with Crippen LogP contribution in [-0.2, 0) is 4.79 Å². The average Bonchev–Trinajstić information content (AvgIpc) is 2.49. The Morgan fingerprint density at radius 3 is 2.70 bits per heavy atom. The van der Waals surface area contributed by atoms with Crippen LogP contribution in [0.1, 0.15) is 0 Å². The monoisotopic (exact) mass is 353 g/mol. The normalized spacial score (nSPS) is 12.0. The number of rotatable bonds is 7. The van der Waals surface area contributed by atoms with Crippen LogP contribution in [0.2, 0.25) is 5.02 Å². The molecule has 0 fully saturated rings. The van der Waals surface area contributed by atoms with E-state index in [4.69, 9.17) is 11.6 Å². The van der Waals surface area contributed by atoms with E-state index in [1.165, 1.54) is 12.1 Å². The van der Waals surface area contributed by atoms with Gasteiger partial charge < -0.3 is 10.2 Å². The van der Waals surface area contributed by atoms with Crippen molar-refractivity contribution in [1.29, 1.82) is 0 Å². The van der Waals surface area contributed by atoms with Crippen molar-refractivity contribution < 1.29 is 14.1 Å². The lowest BCUT2D eigenvalue weighted by molar-refractivity contribution is -0.868. The number of benzene rings is 2. The smallest absolute Gasteiger partial charge is 0.279 e. The van der Waals surface area contributed by atoms with Crippen molar-refractivity contribution in [3.8, 4) is 0 Å². The minimum Gasteiger partial charge on any atom is -0.329 e. The number of anilines is 1. The van der Waals surface area contributed by atoms with Crippen molar-refractivity contribution in [2.24, 2.45) is 0 Å². The van der Waals surface area contributed by atoms with E-state index in [9.17, 15) is 9.18 Å². The predicted molar refractivity (Wildman–Crippen MR) is 93.8 cm³/mol. The molecule has 2 N–H and O–H groups in total. The highest BCUT2D eigenvalue weighted by Gasteiger charge is 2.10. The van der Waals surface area contributed by atoms with E-state index < -0.39 is 0 Å². The lowest BCUT2D eigenvalue weighted by atomic mass is 10.3. The molecular weight excluding hydrogens is 335 g/mol. The molecule has 1 unspecified atom stereocenters. The number of amides is 1. The minimum atomic E-state index is -0.358. The van der Waals surface area contributed by atoms with Gasteiger partial charge in [0.25, 0.3) is 5.91 Å². The molecule has 0 aromatic heterocycles. The number of quaternary nitrogens is 1. The molecule has 0 radical (unpaired) electrons. The first-order chi connectivity index (χ1) is 11.0. The molecule has 1 amide bonds. The molecule has 0 bridgehead atoms. The predicted octanol–water partition coefficient (Wildman–Crippen LogP) is 2.72. The number of hydrogen-bond acceptors (Lipinski definition) is 2. The zero-order valence-corrected chi connectivity index (χ0v) is 14.4. The summed E-state index contributed by atoms with van der Waals surface area (Å²) in [6.07, 6.45) is 0. The summed E-state index contributed by atoms with van der Waals surface area (Å²) in [6, 6.07) is 13.6. The Balaban J connectivity index is 1.70. The van der Waals surface area contributed by atoms with Crippen molar-refractivity contribution in [2.45, 2.75) is 4.90 Å². The molecule has 0 saturated carbocycles. The van der Waals surface area contributed by atoms with Crippen LogP contribution in [-0.4, -0.2) is 31.8 Å². The summed E-state index contributed by atoms with van der Waals surface area (Å²) in [5, 5.41) is 3.43. The fraction of sp³-hybridized carbons (Fsp3) is 0.235.